The fraction of sp³-hybridized carbons (Fsp3) is 0.647. The molecule has 1 aliphatic rings. The lowest BCUT2D eigenvalue weighted by atomic mass is 9.95. The predicted octanol–water partition coefficient (Wildman–Crippen LogP) is 3.00. The number of hydrogen-bond acceptors (Lipinski definition) is 3. The average molecular weight is 277 g/mol. The van der Waals surface area contributed by atoms with Crippen molar-refractivity contribution in [3.63, 3.8) is 0 Å². The molecule has 2 rings (SSSR count). The van der Waals surface area contributed by atoms with E-state index < -0.39 is 0 Å². The van der Waals surface area contributed by atoms with Crippen LogP contribution in [0.2, 0.25) is 0 Å². The number of benzene rings is 1. The van der Waals surface area contributed by atoms with Crippen LogP contribution in [0.1, 0.15) is 32.3 Å². The van der Waals surface area contributed by atoms with Crippen LogP contribution in [0, 0.1) is 5.41 Å². The summed E-state index contributed by atoms with van der Waals surface area (Å²) in [7, 11) is 0. The Kier molecular flexibility index (Phi) is 6.02. The molecule has 0 bridgehead atoms. The van der Waals surface area contributed by atoms with Crippen LogP contribution in [0.25, 0.3) is 0 Å². The van der Waals surface area contributed by atoms with E-state index in [0.29, 0.717) is 0 Å². The van der Waals surface area contributed by atoms with Crippen molar-refractivity contribution in [2.45, 2.75) is 39.4 Å². The minimum Gasteiger partial charge on any atom is -0.352 e. The van der Waals surface area contributed by atoms with Crippen molar-refractivity contribution in [1.29, 1.82) is 0 Å². The van der Waals surface area contributed by atoms with Crippen molar-refractivity contribution in [3.8, 4) is 0 Å². The van der Waals surface area contributed by atoms with Gasteiger partial charge in [-0.15, -0.1) is 0 Å². The van der Waals surface area contributed by atoms with Crippen molar-refractivity contribution in [2.75, 3.05) is 26.3 Å². The summed E-state index contributed by atoms with van der Waals surface area (Å²) in [4.78, 5) is 0. The zero-order chi connectivity index (χ0) is 14.3. The van der Waals surface area contributed by atoms with Gasteiger partial charge in [0.2, 0.25) is 0 Å². The molecule has 1 heterocycles. The number of nitrogens with one attached hydrogen (secondary N) is 1. The van der Waals surface area contributed by atoms with E-state index in [1.165, 1.54) is 12.0 Å². The number of ether oxygens (including phenoxy) is 2. The summed E-state index contributed by atoms with van der Waals surface area (Å²) in [6.45, 7) is 7.94. The second-order valence-corrected chi connectivity index (χ2v) is 6.34. The first-order chi connectivity index (χ1) is 9.66. The Morgan fingerprint density at radius 3 is 2.50 bits per heavy atom. The molecule has 1 saturated heterocycles. The second kappa shape index (κ2) is 7.77. The van der Waals surface area contributed by atoms with Crippen molar-refractivity contribution in [3.05, 3.63) is 35.9 Å². The molecule has 0 spiro atoms. The first kappa shape index (κ1) is 15.5. The molecule has 0 atom stereocenters. The van der Waals surface area contributed by atoms with E-state index in [9.17, 15) is 0 Å². The van der Waals surface area contributed by atoms with E-state index in [0.717, 1.165) is 39.1 Å². The molecular weight excluding hydrogens is 250 g/mol. The largest absolute Gasteiger partial charge is 0.352 e. The number of hydrogen-bond donors (Lipinski definition) is 1. The molecule has 0 aromatic heterocycles. The first-order valence-electron chi connectivity index (χ1n) is 7.64. The summed E-state index contributed by atoms with van der Waals surface area (Å²) < 4.78 is 11.4. The maximum atomic E-state index is 5.71. The van der Waals surface area contributed by atoms with Gasteiger partial charge in [-0.1, -0.05) is 44.2 Å². The summed E-state index contributed by atoms with van der Waals surface area (Å²) in [6, 6.07) is 10.6. The molecule has 20 heavy (non-hydrogen) atoms. The van der Waals surface area contributed by atoms with Gasteiger partial charge in [0.15, 0.2) is 6.29 Å². The maximum absolute atomic E-state index is 5.71. The summed E-state index contributed by atoms with van der Waals surface area (Å²) >= 11 is 0. The monoisotopic (exact) mass is 277 g/mol. The first-order valence-corrected chi connectivity index (χ1v) is 7.64. The lowest BCUT2D eigenvalue weighted by Crippen LogP contribution is -2.39. The molecule has 3 heteroatoms. The molecule has 1 aliphatic heterocycles. The van der Waals surface area contributed by atoms with Gasteiger partial charge in [0, 0.05) is 11.8 Å². The topological polar surface area (TPSA) is 30.5 Å². The van der Waals surface area contributed by atoms with Crippen molar-refractivity contribution >= 4 is 0 Å². The van der Waals surface area contributed by atoms with Crippen LogP contribution in [0.3, 0.4) is 0 Å². The van der Waals surface area contributed by atoms with E-state index in [4.69, 9.17) is 9.47 Å². The van der Waals surface area contributed by atoms with E-state index in [-0.39, 0.29) is 11.7 Å². The molecule has 1 aromatic carbocycles. The Labute approximate surface area is 122 Å². The Morgan fingerprint density at radius 1 is 1.10 bits per heavy atom. The third kappa shape index (κ3) is 5.61. The standard InChI is InChI=1S/C17H27NO2/c1-17(2)13-19-16(20-14-17)10-12-18-11-6-9-15-7-4-3-5-8-15/h3-5,7-8,16,18H,6,9-14H2,1-2H3. The summed E-state index contributed by atoms with van der Waals surface area (Å²) in [6.07, 6.45) is 3.22. The second-order valence-electron chi connectivity index (χ2n) is 6.34. The van der Waals surface area contributed by atoms with Gasteiger partial charge < -0.3 is 14.8 Å². The summed E-state index contributed by atoms with van der Waals surface area (Å²) in [5.41, 5.74) is 1.58. The van der Waals surface area contributed by atoms with Crippen LogP contribution < -0.4 is 5.32 Å². The normalized spacial score (nSPS) is 19.1. The highest BCUT2D eigenvalue weighted by atomic mass is 16.7. The third-order valence-corrected chi connectivity index (χ3v) is 3.54. The van der Waals surface area contributed by atoms with E-state index in [1.807, 2.05) is 0 Å². The highest BCUT2D eigenvalue weighted by Gasteiger charge is 2.27. The predicted molar refractivity (Wildman–Crippen MR) is 81.7 cm³/mol. The van der Waals surface area contributed by atoms with E-state index in [1.54, 1.807) is 0 Å². The van der Waals surface area contributed by atoms with Gasteiger partial charge in [-0.05, 0) is 31.5 Å². The maximum Gasteiger partial charge on any atom is 0.158 e. The van der Waals surface area contributed by atoms with Gasteiger partial charge in [0.1, 0.15) is 0 Å². The Morgan fingerprint density at radius 2 is 1.80 bits per heavy atom. The van der Waals surface area contributed by atoms with Gasteiger partial charge in [-0.2, -0.15) is 0 Å². The Bertz CT molecular complexity index is 368. The average Bonchev–Trinajstić information content (AvgIpc) is 2.45. The van der Waals surface area contributed by atoms with Gasteiger partial charge in [-0.25, -0.2) is 0 Å². The Balaban J connectivity index is 1.48. The molecule has 0 amide bonds. The fourth-order valence-electron chi connectivity index (χ4n) is 2.30. The van der Waals surface area contributed by atoms with Crippen LogP contribution in [-0.4, -0.2) is 32.6 Å². The van der Waals surface area contributed by atoms with Gasteiger partial charge >= 0.3 is 0 Å². The molecule has 3 nitrogen and oxygen atoms in total. The quantitative estimate of drug-likeness (QED) is 0.777. The lowest BCUT2D eigenvalue weighted by molar-refractivity contribution is -0.223. The van der Waals surface area contributed by atoms with Crippen molar-refractivity contribution < 1.29 is 9.47 Å². The fourth-order valence-corrected chi connectivity index (χ4v) is 2.30. The highest BCUT2D eigenvalue weighted by molar-refractivity contribution is 5.14. The van der Waals surface area contributed by atoms with E-state index in [2.05, 4.69) is 49.5 Å². The molecule has 1 fully saturated rings. The SMILES string of the molecule is CC1(C)COC(CCNCCCc2ccccc2)OC1. The summed E-state index contributed by atoms with van der Waals surface area (Å²) in [5, 5.41) is 3.46. The number of rotatable bonds is 7. The third-order valence-electron chi connectivity index (χ3n) is 3.54. The van der Waals surface area contributed by atoms with Gasteiger partial charge in [0.05, 0.1) is 13.2 Å². The Hall–Kier alpha value is -0.900. The minimum absolute atomic E-state index is 0.0235. The summed E-state index contributed by atoms with van der Waals surface area (Å²) in [5.74, 6) is 0. The van der Waals surface area contributed by atoms with Crippen LogP contribution in [-0.2, 0) is 15.9 Å². The van der Waals surface area contributed by atoms with Crippen LogP contribution in [0.4, 0.5) is 0 Å². The molecular formula is C17H27NO2. The zero-order valence-electron chi connectivity index (χ0n) is 12.7. The molecule has 1 N–H and O–H groups in total. The number of aryl methyl sites for hydroxylation is 1. The minimum atomic E-state index is -0.0235. The van der Waals surface area contributed by atoms with Crippen LogP contribution >= 0.6 is 0 Å². The smallest absolute Gasteiger partial charge is 0.158 e. The van der Waals surface area contributed by atoms with E-state index >= 15 is 0 Å². The molecule has 0 unspecified atom stereocenters. The van der Waals surface area contributed by atoms with Gasteiger partial charge in [-0.3, -0.25) is 0 Å². The molecule has 0 radical (unpaired) electrons. The zero-order valence-corrected chi connectivity index (χ0v) is 12.7. The highest BCUT2D eigenvalue weighted by Crippen LogP contribution is 2.23. The van der Waals surface area contributed by atoms with Crippen molar-refractivity contribution in [1.82, 2.24) is 5.32 Å². The van der Waals surface area contributed by atoms with Gasteiger partial charge in [0.25, 0.3) is 0 Å². The van der Waals surface area contributed by atoms with Crippen LogP contribution in [0.15, 0.2) is 30.3 Å². The molecule has 1 aromatic rings. The van der Waals surface area contributed by atoms with Crippen LogP contribution in [0.5, 0.6) is 0 Å². The molecule has 0 saturated carbocycles. The molecule has 0 aliphatic carbocycles. The lowest BCUT2D eigenvalue weighted by Gasteiger charge is -2.34. The van der Waals surface area contributed by atoms with Crippen molar-refractivity contribution in [2.24, 2.45) is 5.41 Å². The molecule has 112 valence electrons.